The van der Waals surface area contributed by atoms with Crippen molar-refractivity contribution in [3.8, 4) is 5.75 Å². The van der Waals surface area contributed by atoms with Gasteiger partial charge in [-0.25, -0.2) is 9.69 Å². The summed E-state index contributed by atoms with van der Waals surface area (Å²) in [5, 5.41) is 3.72. The number of carbonyl (C=O) groups is 3. The summed E-state index contributed by atoms with van der Waals surface area (Å²) in [6.45, 7) is 0.209. The van der Waals surface area contributed by atoms with Crippen LogP contribution >= 0.6 is 34.8 Å². The minimum absolute atomic E-state index is 0.172. The average molecular weight is 502 g/mol. The van der Waals surface area contributed by atoms with Crippen molar-refractivity contribution in [1.82, 2.24) is 5.32 Å². The molecule has 9 heteroatoms. The Labute approximate surface area is 204 Å². The van der Waals surface area contributed by atoms with Crippen LogP contribution in [0.1, 0.15) is 11.1 Å². The van der Waals surface area contributed by atoms with Gasteiger partial charge in [-0.3, -0.25) is 14.9 Å². The molecule has 0 aromatic heterocycles. The summed E-state index contributed by atoms with van der Waals surface area (Å²) in [5.74, 6) is -1.00. The largest absolute Gasteiger partial charge is 0.489 e. The number of hydrogen-bond donors (Lipinski definition) is 1. The fourth-order valence-corrected chi connectivity index (χ4v) is 3.70. The Kier molecular flexibility index (Phi) is 6.70. The molecule has 1 saturated heterocycles. The van der Waals surface area contributed by atoms with E-state index in [0.29, 0.717) is 26.4 Å². The molecule has 0 spiro atoms. The first-order valence-electron chi connectivity index (χ1n) is 9.65. The maximum Gasteiger partial charge on any atom is 0.335 e. The predicted octanol–water partition coefficient (Wildman–Crippen LogP) is 5.89. The number of rotatable bonds is 5. The second-order valence-electron chi connectivity index (χ2n) is 7.03. The molecule has 1 heterocycles. The van der Waals surface area contributed by atoms with Crippen LogP contribution in [0, 0.1) is 0 Å². The average Bonchev–Trinajstić information content (AvgIpc) is 2.78. The highest BCUT2D eigenvalue weighted by Crippen LogP contribution is 2.26. The first kappa shape index (κ1) is 22.9. The highest BCUT2D eigenvalue weighted by Gasteiger charge is 2.36. The van der Waals surface area contributed by atoms with Crippen LogP contribution in [0.4, 0.5) is 10.5 Å². The van der Waals surface area contributed by atoms with Gasteiger partial charge in [0.15, 0.2) is 0 Å². The number of urea groups is 1. The number of benzene rings is 3. The van der Waals surface area contributed by atoms with Gasteiger partial charge in [-0.2, -0.15) is 0 Å². The number of nitrogens with one attached hydrogen (secondary N) is 1. The first-order chi connectivity index (χ1) is 15.8. The highest BCUT2D eigenvalue weighted by molar-refractivity contribution is 6.39. The molecule has 6 nitrogen and oxygen atoms in total. The summed E-state index contributed by atoms with van der Waals surface area (Å²) < 4.78 is 5.73. The van der Waals surface area contributed by atoms with Gasteiger partial charge in [-0.05, 0) is 60.2 Å². The summed E-state index contributed by atoms with van der Waals surface area (Å²) in [6, 6.07) is 17.2. The van der Waals surface area contributed by atoms with E-state index in [-0.39, 0.29) is 17.9 Å². The summed E-state index contributed by atoms with van der Waals surface area (Å²) in [6.07, 6.45) is 1.40. The lowest BCUT2D eigenvalue weighted by Gasteiger charge is -2.26. The lowest BCUT2D eigenvalue weighted by molar-refractivity contribution is -0.122. The van der Waals surface area contributed by atoms with E-state index in [1.54, 1.807) is 66.7 Å². The number of nitrogens with zero attached hydrogens (tertiary/aromatic N) is 1. The lowest BCUT2D eigenvalue weighted by atomic mass is 10.1. The molecule has 0 aliphatic carbocycles. The zero-order valence-corrected chi connectivity index (χ0v) is 19.1. The molecule has 4 amide bonds. The van der Waals surface area contributed by atoms with Crippen molar-refractivity contribution in [2.75, 3.05) is 4.90 Å². The number of halogens is 3. The minimum Gasteiger partial charge on any atom is -0.489 e. The quantitative estimate of drug-likeness (QED) is 0.349. The predicted molar refractivity (Wildman–Crippen MR) is 128 cm³/mol. The van der Waals surface area contributed by atoms with Crippen LogP contribution in [0.5, 0.6) is 5.75 Å². The summed E-state index contributed by atoms with van der Waals surface area (Å²) >= 11 is 17.9. The van der Waals surface area contributed by atoms with Gasteiger partial charge in [-0.1, -0.05) is 53.0 Å². The first-order valence-corrected chi connectivity index (χ1v) is 10.8. The maximum absolute atomic E-state index is 13.0. The van der Waals surface area contributed by atoms with Crippen molar-refractivity contribution < 1.29 is 19.1 Å². The van der Waals surface area contributed by atoms with E-state index in [4.69, 9.17) is 39.5 Å². The van der Waals surface area contributed by atoms with E-state index in [0.717, 1.165) is 10.5 Å². The lowest BCUT2D eigenvalue weighted by Crippen LogP contribution is -2.54. The second-order valence-corrected chi connectivity index (χ2v) is 8.31. The zero-order chi connectivity index (χ0) is 23.5. The molecular formula is C24H15Cl3N2O4. The molecule has 1 fully saturated rings. The summed E-state index contributed by atoms with van der Waals surface area (Å²) in [7, 11) is 0. The molecular weight excluding hydrogens is 487 g/mol. The second kappa shape index (κ2) is 9.67. The number of amides is 4. The smallest absolute Gasteiger partial charge is 0.335 e. The molecule has 4 rings (SSSR count). The van der Waals surface area contributed by atoms with Gasteiger partial charge in [-0.15, -0.1) is 0 Å². The van der Waals surface area contributed by atoms with Gasteiger partial charge in [0.05, 0.1) is 5.69 Å². The Hall–Kier alpha value is -3.32. The van der Waals surface area contributed by atoms with Crippen LogP contribution in [0.25, 0.3) is 6.08 Å². The van der Waals surface area contributed by atoms with Crippen LogP contribution in [0.2, 0.25) is 15.1 Å². The minimum atomic E-state index is -0.833. The van der Waals surface area contributed by atoms with Gasteiger partial charge in [0.2, 0.25) is 0 Å². The molecule has 3 aromatic carbocycles. The van der Waals surface area contributed by atoms with E-state index in [1.807, 2.05) is 0 Å². The van der Waals surface area contributed by atoms with Crippen LogP contribution in [-0.4, -0.2) is 17.8 Å². The van der Waals surface area contributed by atoms with Crippen LogP contribution in [-0.2, 0) is 16.2 Å². The number of barbiturate groups is 1. The Balaban J connectivity index is 1.52. The third-order valence-electron chi connectivity index (χ3n) is 4.79. The Morgan fingerprint density at radius 2 is 1.52 bits per heavy atom. The van der Waals surface area contributed by atoms with Crippen LogP contribution < -0.4 is 15.0 Å². The Morgan fingerprint density at radius 3 is 2.18 bits per heavy atom. The van der Waals surface area contributed by atoms with Crippen molar-refractivity contribution >= 4 is 64.4 Å². The topological polar surface area (TPSA) is 75.7 Å². The van der Waals surface area contributed by atoms with E-state index >= 15 is 0 Å². The van der Waals surface area contributed by atoms with Crippen molar-refractivity contribution in [2.45, 2.75) is 6.61 Å². The number of anilines is 1. The van der Waals surface area contributed by atoms with Crippen molar-refractivity contribution in [2.24, 2.45) is 0 Å². The normalized spacial score (nSPS) is 15.1. The number of carbonyl (C=O) groups excluding carboxylic acids is 3. The summed E-state index contributed by atoms with van der Waals surface area (Å²) in [4.78, 5) is 38.5. The number of hydrogen-bond acceptors (Lipinski definition) is 4. The third-order valence-corrected chi connectivity index (χ3v) is 5.63. The molecule has 1 aliphatic heterocycles. The van der Waals surface area contributed by atoms with Crippen LogP contribution in [0.3, 0.4) is 0 Å². The molecule has 0 bridgehead atoms. The molecule has 1 N–H and O–H groups in total. The van der Waals surface area contributed by atoms with E-state index in [1.165, 1.54) is 6.08 Å². The van der Waals surface area contributed by atoms with Crippen molar-refractivity contribution in [3.05, 3.63) is 98.5 Å². The van der Waals surface area contributed by atoms with Crippen LogP contribution in [0.15, 0.2) is 72.3 Å². The summed E-state index contributed by atoms with van der Waals surface area (Å²) in [5.41, 5.74) is 1.46. The SMILES string of the molecule is O=C1NC(=O)N(c2ccc(OCc3ccc(Cl)cc3Cl)cc2)C(=O)/C1=C/c1ccc(Cl)cc1. The zero-order valence-electron chi connectivity index (χ0n) is 16.8. The molecule has 33 heavy (non-hydrogen) atoms. The van der Waals surface area contributed by atoms with E-state index in [2.05, 4.69) is 5.32 Å². The molecule has 166 valence electrons. The van der Waals surface area contributed by atoms with Crippen molar-refractivity contribution in [3.63, 3.8) is 0 Å². The fourth-order valence-electron chi connectivity index (χ4n) is 3.11. The molecule has 0 atom stereocenters. The molecule has 0 radical (unpaired) electrons. The number of ether oxygens (including phenoxy) is 1. The number of imide groups is 2. The van der Waals surface area contributed by atoms with Crippen molar-refractivity contribution in [1.29, 1.82) is 0 Å². The third kappa shape index (κ3) is 5.20. The Morgan fingerprint density at radius 1 is 0.848 bits per heavy atom. The monoisotopic (exact) mass is 500 g/mol. The fraction of sp³-hybridized carbons (Fsp3) is 0.0417. The molecule has 0 saturated carbocycles. The molecule has 0 unspecified atom stereocenters. The highest BCUT2D eigenvalue weighted by atomic mass is 35.5. The van der Waals surface area contributed by atoms with Gasteiger partial charge < -0.3 is 4.74 Å². The standard InChI is InChI=1S/C24H15Cl3N2O4/c25-16-4-1-14(2-5-16)11-20-22(30)28-24(32)29(23(20)31)18-7-9-19(10-8-18)33-13-15-3-6-17(26)12-21(15)27/h1-12H,13H2,(H,28,30,32)/b20-11+. The van der Waals surface area contributed by atoms with Gasteiger partial charge in [0, 0.05) is 20.6 Å². The Bertz CT molecular complexity index is 1270. The maximum atomic E-state index is 13.0. The van der Waals surface area contributed by atoms with E-state index < -0.39 is 17.8 Å². The molecule has 3 aromatic rings. The molecule has 1 aliphatic rings. The van der Waals surface area contributed by atoms with Gasteiger partial charge in [0.1, 0.15) is 17.9 Å². The van der Waals surface area contributed by atoms with Gasteiger partial charge >= 0.3 is 6.03 Å². The van der Waals surface area contributed by atoms with E-state index in [9.17, 15) is 14.4 Å². The van der Waals surface area contributed by atoms with Gasteiger partial charge in [0.25, 0.3) is 11.8 Å².